The van der Waals surface area contributed by atoms with Crippen molar-refractivity contribution < 1.29 is 31.1 Å². The Balaban J connectivity index is 0.00000306. The van der Waals surface area contributed by atoms with E-state index in [1.165, 1.54) is 0 Å². The van der Waals surface area contributed by atoms with Crippen LogP contribution in [-0.2, 0) is 0 Å². The van der Waals surface area contributed by atoms with Crippen LogP contribution < -0.4 is 27.2 Å². The molecule has 0 aliphatic carbocycles. The normalized spacial score (nSPS) is 13.2. The Morgan fingerprint density at radius 2 is 1.55 bits per heavy atom. The summed E-state index contributed by atoms with van der Waals surface area (Å²) in [4.78, 5) is 26.7. The van der Waals surface area contributed by atoms with Gasteiger partial charge in [0, 0.05) is 34.1 Å². The van der Waals surface area contributed by atoms with Crippen LogP contribution in [0.15, 0.2) is 64.8 Å². The third kappa shape index (κ3) is 5.29. The van der Waals surface area contributed by atoms with Gasteiger partial charge >= 0.3 is 0 Å². The number of carbonyl (C=O) groups is 2. The first kappa shape index (κ1) is 24.5. The van der Waals surface area contributed by atoms with E-state index in [2.05, 4.69) is 60.6 Å². The quantitative estimate of drug-likeness (QED) is 0.299. The van der Waals surface area contributed by atoms with Crippen LogP contribution in [0.4, 0.5) is 17.1 Å². The van der Waals surface area contributed by atoms with E-state index in [-0.39, 0.29) is 28.8 Å². The van der Waals surface area contributed by atoms with Crippen molar-refractivity contribution in [1.82, 2.24) is 5.32 Å². The van der Waals surface area contributed by atoms with Crippen molar-refractivity contribution in [2.24, 2.45) is 10.2 Å². The number of rotatable bonds is 7. The predicted molar refractivity (Wildman–Crippen MR) is 127 cm³/mol. The number of quaternary nitrogens is 1. The van der Waals surface area contributed by atoms with Crippen LogP contribution in [0.25, 0.3) is 10.8 Å². The molecule has 0 bridgehead atoms. The van der Waals surface area contributed by atoms with Gasteiger partial charge in [-0.25, -0.2) is 0 Å². The minimum absolute atomic E-state index is 0. The molecule has 0 aromatic heterocycles. The lowest BCUT2D eigenvalue weighted by Gasteiger charge is -2.29. The van der Waals surface area contributed by atoms with Crippen LogP contribution in [0, 0.1) is 0 Å². The molecule has 1 N–H and O–H groups in total. The molecule has 33 heavy (non-hydrogen) atoms. The lowest BCUT2D eigenvalue weighted by Crippen LogP contribution is -3.00. The van der Waals surface area contributed by atoms with Gasteiger partial charge in [-0.3, -0.25) is 14.9 Å². The monoisotopic (exact) mass is 509 g/mol. The van der Waals surface area contributed by atoms with Gasteiger partial charge in [-0.15, -0.1) is 5.11 Å². The van der Waals surface area contributed by atoms with Gasteiger partial charge in [0.1, 0.15) is 0 Å². The summed E-state index contributed by atoms with van der Waals surface area (Å²) in [6.07, 6.45) is 0. The number of imide groups is 1. The Morgan fingerprint density at radius 3 is 2.18 bits per heavy atom. The van der Waals surface area contributed by atoms with E-state index in [0.717, 1.165) is 40.9 Å². The van der Waals surface area contributed by atoms with Crippen LogP contribution in [0.1, 0.15) is 27.6 Å². The van der Waals surface area contributed by atoms with Gasteiger partial charge in [-0.1, -0.05) is 12.1 Å². The molecule has 3 aromatic carbocycles. The van der Waals surface area contributed by atoms with Crippen molar-refractivity contribution in [2.45, 2.75) is 6.92 Å². The Labute approximate surface area is 204 Å². The highest BCUT2D eigenvalue weighted by atomic mass is 79.9. The number of halogens is 1. The summed E-state index contributed by atoms with van der Waals surface area (Å²) in [5.41, 5.74) is 3.48. The molecule has 0 fully saturated rings. The van der Waals surface area contributed by atoms with Gasteiger partial charge in [0.2, 0.25) is 0 Å². The molecule has 0 saturated heterocycles. The summed E-state index contributed by atoms with van der Waals surface area (Å²) < 4.78 is 0.921. The first-order valence-electron chi connectivity index (χ1n) is 10.8. The Bertz CT molecular complexity index is 1200. The summed E-state index contributed by atoms with van der Waals surface area (Å²) >= 11 is 0. The van der Waals surface area contributed by atoms with E-state index < -0.39 is 0 Å². The van der Waals surface area contributed by atoms with E-state index in [9.17, 15) is 9.59 Å². The van der Waals surface area contributed by atoms with Gasteiger partial charge in [-0.2, -0.15) is 5.11 Å². The average molecular weight is 510 g/mol. The lowest BCUT2D eigenvalue weighted by molar-refractivity contribution is -0.868. The number of hydrogen-bond acceptors (Lipinski definition) is 5. The van der Waals surface area contributed by atoms with Crippen molar-refractivity contribution in [2.75, 3.05) is 45.7 Å². The van der Waals surface area contributed by atoms with Gasteiger partial charge in [-0.05, 0) is 49.4 Å². The molecule has 0 saturated carbocycles. The van der Waals surface area contributed by atoms with E-state index in [0.29, 0.717) is 22.2 Å². The van der Waals surface area contributed by atoms with Crippen molar-refractivity contribution >= 4 is 39.6 Å². The molecule has 1 heterocycles. The maximum Gasteiger partial charge on any atom is 0.258 e. The summed E-state index contributed by atoms with van der Waals surface area (Å²) in [6, 6.07) is 16.9. The maximum atomic E-state index is 12.2. The molecular formula is C25H28BrN5O2. The van der Waals surface area contributed by atoms with Crippen LogP contribution in [0.5, 0.6) is 0 Å². The Hall–Kier alpha value is -3.10. The van der Waals surface area contributed by atoms with Gasteiger partial charge < -0.3 is 26.4 Å². The molecule has 8 heteroatoms. The minimum Gasteiger partial charge on any atom is -1.00 e. The maximum absolute atomic E-state index is 12.2. The number of hydrogen-bond donors (Lipinski definition) is 1. The highest BCUT2D eigenvalue weighted by molar-refractivity contribution is 6.26. The largest absolute Gasteiger partial charge is 1.00 e. The highest BCUT2D eigenvalue weighted by Crippen LogP contribution is 2.34. The Kier molecular flexibility index (Phi) is 7.29. The van der Waals surface area contributed by atoms with Crippen LogP contribution in [0.3, 0.4) is 0 Å². The van der Waals surface area contributed by atoms with Gasteiger partial charge in [0.05, 0.1) is 45.6 Å². The van der Waals surface area contributed by atoms with Crippen molar-refractivity contribution in [1.29, 1.82) is 0 Å². The molecule has 1 aliphatic rings. The molecule has 172 valence electrons. The summed E-state index contributed by atoms with van der Waals surface area (Å²) in [5.74, 6) is -0.771. The molecule has 3 aromatic rings. The standard InChI is InChI=1S/C25H27N5O2.BrH/c1-5-29(15-16-30(2,3)4)18-11-9-17(10-12-18)27-28-22-14-13-21-23-19(22)7-6-8-20(23)24(31)26-25(21)32;/h6-14H,5,15-16H2,1-4H3;1H/b28-27+;. The molecule has 0 atom stereocenters. The summed E-state index contributed by atoms with van der Waals surface area (Å²) in [6.45, 7) is 5.13. The zero-order valence-corrected chi connectivity index (χ0v) is 20.9. The van der Waals surface area contributed by atoms with Crippen LogP contribution >= 0.6 is 0 Å². The third-order valence-electron chi connectivity index (χ3n) is 5.64. The number of amides is 2. The number of benzene rings is 3. The fourth-order valence-electron chi connectivity index (χ4n) is 3.83. The van der Waals surface area contributed by atoms with Crippen LogP contribution in [0.2, 0.25) is 0 Å². The minimum atomic E-state index is -0.386. The second kappa shape index (κ2) is 9.80. The third-order valence-corrected chi connectivity index (χ3v) is 5.64. The fourth-order valence-corrected chi connectivity index (χ4v) is 3.83. The van der Waals surface area contributed by atoms with Crippen molar-refractivity contribution in [3.8, 4) is 0 Å². The van der Waals surface area contributed by atoms with E-state index in [4.69, 9.17) is 0 Å². The van der Waals surface area contributed by atoms with Crippen molar-refractivity contribution in [3.63, 3.8) is 0 Å². The Morgan fingerprint density at radius 1 is 0.879 bits per heavy atom. The van der Waals surface area contributed by atoms with E-state index >= 15 is 0 Å². The average Bonchev–Trinajstić information content (AvgIpc) is 2.76. The summed E-state index contributed by atoms with van der Waals surface area (Å²) in [5, 5.41) is 12.6. The number of nitrogens with one attached hydrogen (secondary N) is 1. The van der Waals surface area contributed by atoms with Gasteiger partial charge in [0.15, 0.2) is 0 Å². The molecule has 7 nitrogen and oxygen atoms in total. The molecule has 0 radical (unpaired) electrons. The SMILES string of the molecule is CCN(CC[N+](C)(C)C)c1ccc(/N=N/c2ccc3c4c(cccc24)C(=O)NC3=O)cc1.[Br-]. The molecule has 1 aliphatic heterocycles. The van der Waals surface area contributed by atoms with Gasteiger partial charge in [0.25, 0.3) is 11.8 Å². The molecule has 0 spiro atoms. The summed E-state index contributed by atoms with van der Waals surface area (Å²) in [7, 11) is 6.59. The second-order valence-electron chi connectivity index (χ2n) is 8.95. The topological polar surface area (TPSA) is 74.1 Å². The molecule has 2 amide bonds. The smallest absolute Gasteiger partial charge is 0.258 e. The number of azo groups is 1. The molecule has 0 unspecified atom stereocenters. The fraction of sp³-hybridized carbons (Fsp3) is 0.280. The zero-order chi connectivity index (χ0) is 22.9. The number of carbonyl (C=O) groups excluding carboxylic acids is 2. The first-order valence-corrected chi connectivity index (χ1v) is 10.8. The van der Waals surface area contributed by atoms with Crippen LogP contribution in [-0.4, -0.2) is 57.1 Å². The van der Waals surface area contributed by atoms with Crippen molar-refractivity contribution in [3.05, 3.63) is 65.7 Å². The first-order chi connectivity index (χ1) is 15.3. The predicted octanol–water partition coefficient (Wildman–Crippen LogP) is 1.68. The number of nitrogens with zero attached hydrogens (tertiary/aromatic N) is 4. The van der Waals surface area contributed by atoms with E-state index in [1.807, 2.05) is 18.2 Å². The molecule has 4 rings (SSSR count). The highest BCUT2D eigenvalue weighted by Gasteiger charge is 2.25. The second-order valence-corrected chi connectivity index (χ2v) is 8.95. The lowest BCUT2D eigenvalue weighted by atomic mass is 9.94. The zero-order valence-electron chi connectivity index (χ0n) is 19.3. The number of likely N-dealkylation sites (N-methyl/N-ethyl adjacent to an activating group) is 2. The molecular weight excluding hydrogens is 482 g/mol. The number of anilines is 1. The van der Waals surface area contributed by atoms with E-state index in [1.54, 1.807) is 24.3 Å².